The summed E-state index contributed by atoms with van der Waals surface area (Å²) in [5.41, 5.74) is 1.61. The summed E-state index contributed by atoms with van der Waals surface area (Å²) < 4.78 is 12.7. The van der Waals surface area contributed by atoms with Gasteiger partial charge in [-0.05, 0) is 78.7 Å². The fraction of sp³-hybridized carbons (Fsp3) is 0.300. The van der Waals surface area contributed by atoms with Crippen molar-refractivity contribution in [3.8, 4) is 22.9 Å². The topological polar surface area (TPSA) is 91.2 Å². The molecule has 8 heteroatoms. The maximum atomic E-state index is 12.1. The summed E-state index contributed by atoms with van der Waals surface area (Å²) in [5, 5.41) is 14.7. The summed E-state index contributed by atoms with van der Waals surface area (Å²) in [5.74, 6) is 1.90. The number of ether oxygens (including phenoxy) is 2. The molecule has 1 fully saturated rings. The molecule has 0 spiro atoms. The van der Waals surface area contributed by atoms with Crippen LogP contribution in [-0.2, 0) is 4.79 Å². The van der Waals surface area contributed by atoms with Gasteiger partial charge in [0.25, 0.3) is 5.91 Å². The summed E-state index contributed by atoms with van der Waals surface area (Å²) in [6.45, 7) is 2.46. The Balaban J connectivity index is 1.31. The van der Waals surface area contributed by atoms with Gasteiger partial charge in [-0.15, -0.1) is 5.10 Å². The number of nitrogens with zero attached hydrogens (tertiary/aromatic N) is 4. The van der Waals surface area contributed by atoms with Crippen molar-refractivity contribution in [2.75, 3.05) is 18.5 Å². The summed E-state index contributed by atoms with van der Waals surface area (Å²) in [4.78, 5) is 12.1. The van der Waals surface area contributed by atoms with Crippen LogP contribution in [0, 0.1) is 0 Å². The average Bonchev–Trinajstić information content (AvgIpc) is 3.45. The minimum Gasteiger partial charge on any atom is -0.494 e. The highest BCUT2D eigenvalue weighted by atomic mass is 16.5. The quantitative estimate of drug-likeness (QED) is 0.647. The van der Waals surface area contributed by atoms with E-state index in [-0.39, 0.29) is 12.5 Å². The third-order valence-corrected chi connectivity index (χ3v) is 4.32. The van der Waals surface area contributed by atoms with E-state index in [0.29, 0.717) is 24.1 Å². The molecule has 0 unspecified atom stereocenters. The van der Waals surface area contributed by atoms with E-state index in [9.17, 15) is 4.79 Å². The number of rotatable bonds is 8. The number of benzene rings is 2. The van der Waals surface area contributed by atoms with E-state index in [1.807, 2.05) is 48.0 Å². The van der Waals surface area contributed by atoms with Gasteiger partial charge in [0.2, 0.25) is 0 Å². The minimum atomic E-state index is -0.232. The predicted octanol–water partition coefficient (Wildman–Crippen LogP) is 3.09. The zero-order valence-corrected chi connectivity index (χ0v) is 15.5. The number of carbonyl (C=O) groups is 1. The molecule has 0 bridgehead atoms. The zero-order valence-electron chi connectivity index (χ0n) is 15.5. The molecule has 1 N–H and O–H groups in total. The first kappa shape index (κ1) is 18.0. The van der Waals surface area contributed by atoms with Crippen molar-refractivity contribution >= 4 is 11.6 Å². The smallest absolute Gasteiger partial charge is 0.262 e. The fourth-order valence-electron chi connectivity index (χ4n) is 2.80. The van der Waals surface area contributed by atoms with Crippen LogP contribution in [0.3, 0.4) is 0 Å². The van der Waals surface area contributed by atoms with Gasteiger partial charge in [-0.25, -0.2) is 4.68 Å². The van der Waals surface area contributed by atoms with Gasteiger partial charge >= 0.3 is 0 Å². The lowest BCUT2D eigenvalue weighted by atomic mass is 10.2. The molecule has 1 heterocycles. The largest absolute Gasteiger partial charge is 0.494 e. The summed E-state index contributed by atoms with van der Waals surface area (Å²) in [6.07, 6.45) is 2.22. The van der Waals surface area contributed by atoms with E-state index < -0.39 is 0 Å². The van der Waals surface area contributed by atoms with Crippen LogP contribution in [0.4, 0.5) is 5.69 Å². The summed E-state index contributed by atoms with van der Waals surface area (Å²) in [6, 6.07) is 15.0. The van der Waals surface area contributed by atoms with E-state index in [2.05, 4.69) is 20.8 Å². The minimum absolute atomic E-state index is 0.0738. The standard InChI is InChI=1S/C20H21N5O3/c1-2-27-17-9-11-18(12-10-17)28-13-19(26)21-15-5-3-14(4-6-15)20-22-23-24-25(20)16-7-8-16/h3-6,9-12,16H,2,7-8,13H2,1H3,(H,21,26). The molecule has 1 aliphatic rings. The fourth-order valence-corrected chi connectivity index (χ4v) is 2.80. The molecule has 0 saturated heterocycles. The molecular formula is C20H21N5O3. The SMILES string of the molecule is CCOc1ccc(OCC(=O)Nc2ccc(-c3nnnn3C3CC3)cc2)cc1. The number of aromatic nitrogens is 4. The van der Waals surface area contributed by atoms with Crippen LogP contribution >= 0.6 is 0 Å². The van der Waals surface area contributed by atoms with Crippen molar-refractivity contribution in [2.24, 2.45) is 0 Å². The van der Waals surface area contributed by atoms with Crippen LogP contribution in [0.25, 0.3) is 11.4 Å². The van der Waals surface area contributed by atoms with Gasteiger partial charge in [-0.1, -0.05) is 0 Å². The lowest BCUT2D eigenvalue weighted by Crippen LogP contribution is -2.20. The Hall–Kier alpha value is -3.42. The van der Waals surface area contributed by atoms with Crippen molar-refractivity contribution in [1.29, 1.82) is 0 Å². The van der Waals surface area contributed by atoms with Gasteiger partial charge in [0.15, 0.2) is 12.4 Å². The van der Waals surface area contributed by atoms with Crippen LogP contribution in [0.1, 0.15) is 25.8 Å². The highest BCUT2D eigenvalue weighted by Crippen LogP contribution is 2.36. The number of carbonyl (C=O) groups excluding carboxylic acids is 1. The lowest BCUT2D eigenvalue weighted by molar-refractivity contribution is -0.118. The molecule has 1 aliphatic carbocycles. The number of anilines is 1. The molecule has 1 amide bonds. The van der Waals surface area contributed by atoms with Crippen molar-refractivity contribution in [3.05, 3.63) is 48.5 Å². The number of amides is 1. The zero-order chi connectivity index (χ0) is 19.3. The van der Waals surface area contributed by atoms with Gasteiger partial charge < -0.3 is 14.8 Å². The Bertz CT molecular complexity index is 933. The molecule has 144 valence electrons. The molecule has 0 aliphatic heterocycles. The normalized spacial score (nSPS) is 13.2. The molecule has 8 nitrogen and oxygen atoms in total. The molecule has 2 aromatic carbocycles. The summed E-state index contributed by atoms with van der Waals surface area (Å²) >= 11 is 0. The van der Waals surface area contributed by atoms with Gasteiger partial charge in [0.05, 0.1) is 12.6 Å². The second-order valence-corrected chi connectivity index (χ2v) is 6.50. The monoisotopic (exact) mass is 379 g/mol. The number of hydrogen-bond donors (Lipinski definition) is 1. The van der Waals surface area contributed by atoms with Crippen molar-refractivity contribution in [3.63, 3.8) is 0 Å². The molecule has 1 aromatic heterocycles. The van der Waals surface area contributed by atoms with Crippen LogP contribution in [-0.4, -0.2) is 39.3 Å². The van der Waals surface area contributed by atoms with Crippen LogP contribution in [0.5, 0.6) is 11.5 Å². The lowest BCUT2D eigenvalue weighted by Gasteiger charge is -2.09. The van der Waals surface area contributed by atoms with E-state index in [1.165, 1.54) is 0 Å². The Labute approximate surface area is 162 Å². The molecule has 3 aromatic rings. The molecular weight excluding hydrogens is 358 g/mol. The van der Waals surface area contributed by atoms with Gasteiger partial charge in [-0.2, -0.15) is 0 Å². The van der Waals surface area contributed by atoms with Gasteiger partial charge in [-0.3, -0.25) is 4.79 Å². The Morgan fingerprint density at radius 1 is 1.07 bits per heavy atom. The first-order chi connectivity index (χ1) is 13.7. The Morgan fingerprint density at radius 2 is 1.75 bits per heavy atom. The molecule has 0 radical (unpaired) electrons. The first-order valence-electron chi connectivity index (χ1n) is 9.27. The summed E-state index contributed by atoms with van der Waals surface area (Å²) in [7, 11) is 0. The van der Waals surface area contributed by atoms with Gasteiger partial charge in [0, 0.05) is 11.3 Å². The highest BCUT2D eigenvalue weighted by molar-refractivity contribution is 5.92. The van der Waals surface area contributed by atoms with Crippen molar-refractivity contribution < 1.29 is 14.3 Å². The van der Waals surface area contributed by atoms with Gasteiger partial charge in [0.1, 0.15) is 11.5 Å². The third kappa shape index (κ3) is 4.28. The van der Waals surface area contributed by atoms with E-state index in [0.717, 1.165) is 30.0 Å². The van der Waals surface area contributed by atoms with Crippen LogP contribution in [0.2, 0.25) is 0 Å². The van der Waals surface area contributed by atoms with Crippen LogP contribution in [0.15, 0.2) is 48.5 Å². The van der Waals surface area contributed by atoms with E-state index in [1.54, 1.807) is 12.1 Å². The Morgan fingerprint density at radius 3 is 2.39 bits per heavy atom. The maximum Gasteiger partial charge on any atom is 0.262 e. The Kier molecular flexibility index (Phi) is 5.18. The predicted molar refractivity (Wildman–Crippen MR) is 103 cm³/mol. The first-order valence-corrected chi connectivity index (χ1v) is 9.27. The van der Waals surface area contributed by atoms with Crippen molar-refractivity contribution in [2.45, 2.75) is 25.8 Å². The van der Waals surface area contributed by atoms with Crippen molar-refractivity contribution in [1.82, 2.24) is 20.2 Å². The second-order valence-electron chi connectivity index (χ2n) is 6.50. The van der Waals surface area contributed by atoms with E-state index in [4.69, 9.17) is 9.47 Å². The number of hydrogen-bond acceptors (Lipinski definition) is 6. The molecule has 28 heavy (non-hydrogen) atoms. The molecule has 0 atom stereocenters. The highest BCUT2D eigenvalue weighted by Gasteiger charge is 2.28. The molecule has 4 rings (SSSR count). The van der Waals surface area contributed by atoms with E-state index >= 15 is 0 Å². The second kappa shape index (κ2) is 8.08. The third-order valence-electron chi connectivity index (χ3n) is 4.32. The number of tetrazole rings is 1. The maximum absolute atomic E-state index is 12.1. The average molecular weight is 379 g/mol. The van der Waals surface area contributed by atoms with Crippen LogP contribution < -0.4 is 14.8 Å². The number of nitrogens with one attached hydrogen (secondary N) is 1. The molecule has 1 saturated carbocycles.